The number of para-hydroxylation sites is 1. The first-order valence-corrected chi connectivity index (χ1v) is 6.79. The smallest absolute Gasteiger partial charge is 0.258 e. The number of carbonyl (C=O) groups excluding carboxylic acids is 2. The second-order valence-corrected chi connectivity index (χ2v) is 5.05. The molecule has 0 aliphatic heterocycles. The van der Waals surface area contributed by atoms with Gasteiger partial charge in [0.25, 0.3) is 5.91 Å². The second kappa shape index (κ2) is 6.22. The number of carbonyl (C=O) groups is 2. The molecule has 0 radical (unpaired) electrons. The van der Waals surface area contributed by atoms with Crippen molar-refractivity contribution in [3.63, 3.8) is 0 Å². The van der Waals surface area contributed by atoms with Crippen molar-refractivity contribution in [2.24, 2.45) is 5.73 Å². The van der Waals surface area contributed by atoms with Crippen LogP contribution in [0.25, 0.3) is 0 Å². The summed E-state index contributed by atoms with van der Waals surface area (Å²) in [5.74, 6) is -0.606. The first-order valence-electron chi connectivity index (χ1n) is 6.79. The highest BCUT2D eigenvalue weighted by atomic mass is 16.2. The van der Waals surface area contributed by atoms with Crippen molar-refractivity contribution in [2.45, 2.75) is 19.9 Å². The maximum atomic E-state index is 12.7. The molecule has 0 atom stereocenters. The van der Waals surface area contributed by atoms with Crippen LogP contribution in [0.2, 0.25) is 0 Å². The van der Waals surface area contributed by atoms with Gasteiger partial charge < -0.3 is 10.6 Å². The molecule has 0 unspecified atom stereocenters. The van der Waals surface area contributed by atoms with E-state index >= 15 is 0 Å². The third-order valence-electron chi connectivity index (χ3n) is 3.19. The Morgan fingerprint density at radius 2 is 1.43 bits per heavy atom. The number of primary amides is 1. The molecule has 2 aromatic carbocycles. The summed E-state index contributed by atoms with van der Waals surface area (Å²) in [6.07, 6.45) is 0. The van der Waals surface area contributed by atoms with Gasteiger partial charge in [-0.25, -0.2) is 0 Å². The Balaban J connectivity index is 2.33. The summed E-state index contributed by atoms with van der Waals surface area (Å²) < 4.78 is 0. The summed E-state index contributed by atoms with van der Waals surface area (Å²) in [7, 11) is 0. The van der Waals surface area contributed by atoms with Crippen LogP contribution >= 0.6 is 0 Å². The molecular weight excluding hydrogens is 264 g/mol. The number of rotatable bonds is 4. The molecule has 0 aromatic heterocycles. The van der Waals surface area contributed by atoms with Crippen molar-refractivity contribution in [2.75, 3.05) is 4.90 Å². The molecule has 0 heterocycles. The van der Waals surface area contributed by atoms with Crippen LogP contribution in [-0.4, -0.2) is 17.9 Å². The van der Waals surface area contributed by atoms with Crippen molar-refractivity contribution in [1.82, 2.24) is 0 Å². The third-order valence-corrected chi connectivity index (χ3v) is 3.19. The van der Waals surface area contributed by atoms with Crippen LogP contribution in [0.4, 0.5) is 5.69 Å². The lowest BCUT2D eigenvalue weighted by Gasteiger charge is -2.27. The van der Waals surface area contributed by atoms with Gasteiger partial charge in [-0.05, 0) is 50.2 Å². The Morgan fingerprint density at radius 1 is 0.905 bits per heavy atom. The zero-order valence-electron chi connectivity index (χ0n) is 12.1. The molecule has 0 aliphatic rings. The molecule has 4 heteroatoms. The number of anilines is 1. The van der Waals surface area contributed by atoms with E-state index < -0.39 is 5.91 Å². The van der Waals surface area contributed by atoms with Crippen LogP contribution in [0.3, 0.4) is 0 Å². The van der Waals surface area contributed by atoms with E-state index in [2.05, 4.69) is 0 Å². The Morgan fingerprint density at radius 3 is 1.90 bits per heavy atom. The normalized spacial score (nSPS) is 10.4. The average molecular weight is 282 g/mol. The predicted molar refractivity (Wildman–Crippen MR) is 83.3 cm³/mol. The van der Waals surface area contributed by atoms with Crippen molar-refractivity contribution >= 4 is 17.5 Å². The molecule has 2 amide bonds. The highest BCUT2D eigenvalue weighted by Gasteiger charge is 2.20. The van der Waals surface area contributed by atoms with Crippen LogP contribution in [0.5, 0.6) is 0 Å². The zero-order chi connectivity index (χ0) is 15.4. The Bertz CT molecular complexity index is 634. The van der Waals surface area contributed by atoms with Crippen LogP contribution < -0.4 is 10.6 Å². The number of benzene rings is 2. The second-order valence-electron chi connectivity index (χ2n) is 5.05. The van der Waals surface area contributed by atoms with Gasteiger partial charge in [0.2, 0.25) is 5.91 Å². The number of hydrogen-bond acceptors (Lipinski definition) is 2. The molecule has 0 saturated carbocycles. The number of hydrogen-bond donors (Lipinski definition) is 1. The maximum Gasteiger partial charge on any atom is 0.258 e. The van der Waals surface area contributed by atoms with Crippen molar-refractivity contribution in [3.8, 4) is 0 Å². The first-order chi connectivity index (χ1) is 10.0. The van der Waals surface area contributed by atoms with Gasteiger partial charge in [0.05, 0.1) is 0 Å². The van der Waals surface area contributed by atoms with Crippen LogP contribution in [0.15, 0.2) is 54.6 Å². The van der Waals surface area contributed by atoms with Gasteiger partial charge in [0.15, 0.2) is 0 Å². The Labute approximate surface area is 124 Å². The molecule has 2 N–H and O–H groups in total. The lowest BCUT2D eigenvalue weighted by molar-refractivity contribution is 0.0974. The summed E-state index contributed by atoms with van der Waals surface area (Å²) >= 11 is 0. The summed E-state index contributed by atoms with van der Waals surface area (Å²) in [5.41, 5.74) is 6.97. The summed E-state index contributed by atoms with van der Waals surface area (Å²) in [6, 6.07) is 15.9. The minimum Gasteiger partial charge on any atom is -0.366 e. The van der Waals surface area contributed by atoms with E-state index in [1.165, 1.54) is 0 Å². The Hall–Kier alpha value is -2.62. The molecule has 0 fully saturated rings. The van der Waals surface area contributed by atoms with E-state index in [0.29, 0.717) is 11.1 Å². The SMILES string of the molecule is CC(C)N(C(=O)c1ccc(C(N)=O)cc1)c1ccccc1. The quantitative estimate of drug-likeness (QED) is 0.937. The lowest BCUT2D eigenvalue weighted by Crippen LogP contribution is -2.37. The lowest BCUT2D eigenvalue weighted by atomic mass is 10.1. The highest BCUT2D eigenvalue weighted by molar-refractivity contribution is 6.07. The van der Waals surface area contributed by atoms with Gasteiger partial charge in [-0.2, -0.15) is 0 Å². The average Bonchev–Trinajstić information content (AvgIpc) is 2.48. The van der Waals surface area contributed by atoms with Crippen molar-refractivity contribution in [1.29, 1.82) is 0 Å². The molecule has 2 rings (SSSR count). The molecule has 2 aromatic rings. The van der Waals surface area contributed by atoms with Gasteiger partial charge in [-0.1, -0.05) is 18.2 Å². The fourth-order valence-corrected chi connectivity index (χ4v) is 2.15. The molecular formula is C17H18N2O2. The van der Waals surface area contributed by atoms with E-state index in [0.717, 1.165) is 5.69 Å². The van der Waals surface area contributed by atoms with Gasteiger partial charge in [-0.3, -0.25) is 9.59 Å². The Kier molecular flexibility index (Phi) is 4.38. The topological polar surface area (TPSA) is 63.4 Å². The maximum absolute atomic E-state index is 12.7. The molecule has 21 heavy (non-hydrogen) atoms. The van der Waals surface area contributed by atoms with Crippen LogP contribution in [0.1, 0.15) is 34.6 Å². The molecule has 0 bridgehead atoms. The van der Waals surface area contributed by atoms with Crippen molar-refractivity contribution < 1.29 is 9.59 Å². The zero-order valence-corrected chi connectivity index (χ0v) is 12.1. The van der Waals surface area contributed by atoms with Crippen molar-refractivity contribution in [3.05, 3.63) is 65.7 Å². The fraction of sp³-hybridized carbons (Fsp3) is 0.176. The highest BCUT2D eigenvalue weighted by Crippen LogP contribution is 2.20. The summed E-state index contributed by atoms with van der Waals surface area (Å²) in [6.45, 7) is 3.92. The van der Waals surface area contributed by atoms with E-state index in [4.69, 9.17) is 5.73 Å². The third kappa shape index (κ3) is 3.28. The monoisotopic (exact) mass is 282 g/mol. The van der Waals surface area contributed by atoms with Gasteiger partial charge in [0, 0.05) is 22.9 Å². The van der Waals surface area contributed by atoms with E-state index in [9.17, 15) is 9.59 Å². The van der Waals surface area contributed by atoms with E-state index in [-0.39, 0.29) is 11.9 Å². The van der Waals surface area contributed by atoms with Gasteiger partial charge in [0.1, 0.15) is 0 Å². The van der Waals surface area contributed by atoms with Crippen LogP contribution in [-0.2, 0) is 0 Å². The largest absolute Gasteiger partial charge is 0.366 e. The molecule has 0 aliphatic carbocycles. The molecule has 4 nitrogen and oxygen atoms in total. The minimum absolute atomic E-state index is 0.0238. The summed E-state index contributed by atoms with van der Waals surface area (Å²) in [5, 5.41) is 0. The molecule has 108 valence electrons. The fourth-order valence-electron chi connectivity index (χ4n) is 2.15. The predicted octanol–water partition coefficient (Wildman–Crippen LogP) is 2.84. The van der Waals surface area contributed by atoms with Crippen LogP contribution in [0, 0.1) is 0 Å². The first kappa shape index (κ1) is 14.8. The van der Waals surface area contributed by atoms with Gasteiger partial charge >= 0.3 is 0 Å². The molecule has 0 saturated heterocycles. The number of amides is 2. The minimum atomic E-state index is -0.502. The molecule has 0 spiro atoms. The standard InChI is InChI=1S/C17H18N2O2/c1-12(2)19(15-6-4-3-5-7-15)17(21)14-10-8-13(9-11-14)16(18)20/h3-12H,1-2H3,(H2,18,20). The summed E-state index contributed by atoms with van der Waals surface area (Å²) in [4.78, 5) is 25.5. The number of nitrogens with two attached hydrogens (primary N) is 1. The van der Waals surface area contributed by atoms with Gasteiger partial charge in [-0.15, -0.1) is 0 Å². The number of nitrogens with zero attached hydrogens (tertiary/aromatic N) is 1. The van der Waals surface area contributed by atoms with E-state index in [1.807, 2.05) is 44.2 Å². The van der Waals surface area contributed by atoms with E-state index in [1.54, 1.807) is 29.2 Å².